The van der Waals surface area contributed by atoms with Gasteiger partial charge in [-0.15, -0.1) is 0 Å². The lowest BCUT2D eigenvalue weighted by molar-refractivity contribution is -0.139. The molecule has 1 unspecified atom stereocenters. The van der Waals surface area contributed by atoms with Gasteiger partial charge in [-0.1, -0.05) is 13.3 Å². The minimum atomic E-state index is -0.841. The molecular weight excluding hydrogens is 206 g/mol. The van der Waals surface area contributed by atoms with Crippen LogP contribution in [0.1, 0.15) is 32.5 Å². The number of unbranched alkanes of at least 4 members (excludes halogenated alkanes) is 1. The topological polar surface area (TPSA) is 67.2 Å². The van der Waals surface area contributed by atoms with Gasteiger partial charge in [0, 0.05) is 18.9 Å². The van der Waals surface area contributed by atoms with Crippen molar-refractivity contribution in [3.05, 3.63) is 18.2 Å². The molecule has 0 aliphatic carbocycles. The summed E-state index contributed by atoms with van der Waals surface area (Å²) in [7, 11) is 0. The maximum Gasteiger partial charge on any atom is 0.320 e. The molecule has 1 atom stereocenters. The molecule has 0 spiro atoms. The number of hydrogen-bond acceptors (Lipinski definition) is 3. The monoisotopic (exact) mass is 225 g/mol. The molecule has 0 saturated carbocycles. The van der Waals surface area contributed by atoms with Crippen molar-refractivity contribution in [3.63, 3.8) is 0 Å². The van der Waals surface area contributed by atoms with E-state index in [-0.39, 0.29) is 0 Å². The van der Waals surface area contributed by atoms with E-state index in [0.717, 1.165) is 25.2 Å². The standard InChI is InChI=1S/C11H19N3O2/c1-3-4-6-14-7-5-12-10(14)8-13-9(2)11(15)16/h5,7,9,13H,3-4,6,8H2,1-2H3,(H,15,16). The number of nitrogens with one attached hydrogen (secondary N) is 1. The van der Waals surface area contributed by atoms with Crippen LogP contribution in [0.2, 0.25) is 0 Å². The number of aryl methyl sites for hydroxylation is 1. The average Bonchev–Trinajstić information content (AvgIpc) is 2.70. The molecule has 0 fully saturated rings. The molecule has 0 amide bonds. The lowest BCUT2D eigenvalue weighted by Gasteiger charge is -2.10. The molecule has 0 aliphatic rings. The summed E-state index contributed by atoms with van der Waals surface area (Å²) in [6.45, 7) is 5.20. The molecule has 1 rings (SSSR count). The maximum atomic E-state index is 10.6. The second-order valence-electron chi connectivity index (χ2n) is 3.83. The number of carboxylic acid groups (broad SMARTS) is 1. The third-order valence-electron chi connectivity index (χ3n) is 2.49. The van der Waals surface area contributed by atoms with E-state index in [1.165, 1.54) is 0 Å². The van der Waals surface area contributed by atoms with Crippen molar-refractivity contribution in [3.8, 4) is 0 Å². The van der Waals surface area contributed by atoms with Gasteiger partial charge < -0.3 is 9.67 Å². The van der Waals surface area contributed by atoms with Gasteiger partial charge in [-0.25, -0.2) is 4.98 Å². The van der Waals surface area contributed by atoms with E-state index in [1.54, 1.807) is 13.1 Å². The number of imidazole rings is 1. The Morgan fingerprint density at radius 3 is 3.06 bits per heavy atom. The molecular formula is C11H19N3O2. The van der Waals surface area contributed by atoms with Gasteiger partial charge in [0.25, 0.3) is 0 Å². The molecule has 0 saturated heterocycles. The first-order chi connectivity index (χ1) is 7.65. The highest BCUT2D eigenvalue weighted by Crippen LogP contribution is 2.01. The first kappa shape index (κ1) is 12.7. The summed E-state index contributed by atoms with van der Waals surface area (Å²) in [5, 5.41) is 11.7. The zero-order chi connectivity index (χ0) is 12.0. The summed E-state index contributed by atoms with van der Waals surface area (Å²) in [5.41, 5.74) is 0. The van der Waals surface area contributed by atoms with Crippen LogP contribution in [0.5, 0.6) is 0 Å². The zero-order valence-electron chi connectivity index (χ0n) is 9.81. The van der Waals surface area contributed by atoms with Crippen molar-refractivity contribution in [2.45, 2.75) is 45.8 Å². The van der Waals surface area contributed by atoms with Crippen molar-refractivity contribution in [1.82, 2.24) is 14.9 Å². The molecule has 1 aromatic rings. The fraction of sp³-hybridized carbons (Fsp3) is 0.636. The van der Waals surface area contributed by atoms with Gasteiger partial charge in [-0.2, -0.15) is 0 Å². The van der Waals surface area contributed by atoms with Gasteiger partial charge in [-0.05, 0) is 13.3 Å². The predicted molar refractivity (Wildman–Crippen MR) is 61.1 cm³/mol. The molecule has 0 aliphatic heterocycles. The van der Waals surface area contributed by atoms with E-state index in [1.807, 2.05) is 6.20 Å². The van der Waals surface area contributed by atoms with Gasteiger partial charge in [0.1, 0.15) is 11.9 Å². The van der Waals surface area contributed by atoms with Crippen LogP contribution in [0.4, 0.5) is 0 Å². The van der Waals surface area contributed by atoms with Gasteiger partial charge in [0.15, 0.2) is 0 Å². The van der Waals surface area contributed by atoms with Crippen molar-refractivity contribution < 1.29 is 9.90 Å². The summed E-state index contributed by atoms with van der Waals surface area (Å²) in [5.74, 6) is 0.0493. The Labute approximate surface area is 95.5 Å². The summed E-state index contributed by atoms with van der Waals surface area (Å²) in [6, 6.07) is -0.545. The second-order valence-corrected chi connectivity index (χ2v) is 3.83. The zero-order valence-corrected chi connectivity index (χ0v) is 9.81. The van der Waals surface area contributed by atoms with Crippen molar-refractivity contribution in [1.29, 1.82) is 0 Å². The number of aliphatic carboxylic acids is 1. The molecule has 1 aromatic heterocycles. The third-order valence-corrected chi connectivity index (χ3v) is 2.49. The molecule has 5 nitrogen and oxygen atoms in total. The van der Waals surface area contributed by atoms with Crippen LogP contribution in [0.25, 0.3) is 0 Å². The number of hydrogen-bond donors (Lipinski definition) is 2. The Hall–Kier alpha value is -1.36. The smallest absolute Gasteiger partial charge is 0.320 e. The summed E-state index contributed by atoms with van der Waals surface area (Å²) < 4.78 is 2.06. The van der Waals surface area contributed by atoms with Crippen LogP contribution in [0.15, 0.2) is 12.4 Å². The largest absolute Gasteiger partial charge is 0.480 e. The lowest BCUT2D eigenvalue weighted by atomic mass is 10.3. The van der Waals surface area contributed by atoms with E-state index in [9.17, 15) is 4.79 Å². The van der Waals surface area contributed by atoms with Crippen LogP contribution < -0.4 is 5.32 Å². The first-order valence-electron chi connectivity index (χ1n) is 5.61. The van der Waals surface area contributed by atoms with Crippen LogP contribution in [-0.2, 0) is 17.9 Å². The van der Waals surface area contributed by atoms with E-state index in [2.05, 4.69) is 21.8 Å². The third kappa shape index (κ3) is 3.66. The van der Waals surface area contributed by atoms with Gasteiger partial charge in [-0.3, -0.25) is 10.1 Å². The molecule has 5 heteroatoms. The van der Waals surface area contributed by atoms with Crippen LogP contribution in [0, 0.1) is 0 Å². The Morgan fingerprint density at radius 2 is 2.44 bits per heavy atom. The molecule has 0 bridgehead atoms. The Kier molecular flexibility index (Phi) is 4.98. The summed E-state index contributed by atoms with van der Waals surface area (Å²) in [4.78, 5) is 14.8. The number of rotatable bonds is 7. The first-order valence-corrected chi connectivity index (χ1v) is 5.61. The molecule has 1 heterocycles. The number of nitrogens with zero attached hydrogens (tertiary/aromatic N) is 2. The van der Waals surface area contributed by atoms with Crippen LogP contribution >= 0.6 is 0 Å². The highest BCUT2D eigenvalue weighted by molar-refractivity contribution is 5.72. The minimum Gasteiger partial charge on any atom is -0.480 e. The van der Waals surface area contributed by atoms with Crippen LogP contribution in [-0.4, -0.2) is 26.7 Å². The Bertz CT molecular complexity index is 336. The summed E-state index contributed by atoms with van der Waals surface area (Å²) in [6.07, 6.45) is 5.92. The van der Waals surface area contributed by atoms with Crippen molar-refractivity contribution in [2.75, 3.05) is 0 Å². The average molecular weight is 225 g/mol. The van der Waals surface area contributed by atoms with E-state index >= 15 is 0 Å². The normalized spacial score (nSPS) is 12.6. The maximum absolute atomic E-state index is 10.6. The number of carboxylic acids is 1. The molecule has 0 aromatic carbocycles. The molecule has 16 heavy (non-hydrogen) atoms. The summed E-state index contributed by atoms with van der Waals surface area (Å²) >= 11 is 0. The predicted octanol–water partition coefficient (Wildman–Crippen LogP) is 1.25. The highest BCUT2D eigenvalue weighted by atomic mass is 16.4. The fourth-order valence-corrected chi connectivity index (χ4v) is 1.37. The van der Waals surface area contributed by atoms with Gasteiger partial charge in [0.2, 0.25) is 0 Å². The van der Waals surface area contributed by atoms with Gasteiger partial charge >= 0.3 is 5.97 Å². The van der Waals surface area contributed by atoms with Crippen LogP contribution in [0.3, 0.4) is 0 Å². The van der Waals surface area contributed by atoms with E-state index in [4.69, 9.17) is 5.11 Å². The SMILES string of the molecule is CCCCn1ccnc1CNC(C)C(=O)O. The minimum absolute atomic E-state index is 0.490. The quantitative estimate of drug-likeness (QED) is 0.732. The van der Waals surface area contributed by atoms with E-state index < -0.39 is 12.0 Å². The fourth-order valence-electron chi connectivity index (χ4n) is 1.37. The van der Waals surface area contributed by atoms with Gasteiger partial charge in [0.05, 0.1) is 6.54 Å². The molecule has 0 radical (unpaired) electrons. The van der Waals surface area contributed by atoms with E-state index in [0.29, 0.717) is 6.54 Å². The van der Waals surface area contributed by atoms with Crippen molar-refractivity contribution >= 4 is 5.97 Å². The lowest BCUT2D eigenvalue weighted by Crippen LogP contribution is -2.33. The van der Waals surface area contributed by atoms with Crippen molar-refractivity contribution in [2.24, 2.45) is 0 Å². The highest BCUT2D eigenvalue weighted by Gasteiger charge is 2.11. The number of aromatic nitrogens is 2. The molecule has 90 valence electrons. The number of carbonyl (C=O) groups is 1. The Balaban J connectivity index is 2.47. The Morgan fingerprint density at radius 1 is 1.69 bits per heavy atom. The molecule has 2 N–H and O–H groups in total. The second kappa shape index (κ2) is 6.27.